The lowest BCUT2D eigenvalue weighted by Gasteiger charge is -2.02. The van der Waals surface area contributed by atoms with Gasteiger partial charge < -0.3 is 10.1 Å². The number of nitrogens with one attached hydrogen (secondary N) is 1. The number of carbonyl (C=O) groups excluding carboxylic acids is 1. The Hall–Kier alpha value is -1.77. The van der Waals surface area contributed by atoms with Gasteiger partial charge in [-0.15, -0.1) is 0 Å². The quantitative estimate of drug-likeness (QED) is 0.611. The molecule has 16 heavy (non-hydrogen) atoms. The first-order valence-corrected chi connectivity index (χ1v) is 5.36. The second-order valence-electron chi connectivity index (χ2n) is 3.40. The fourth-order valence-corrected chi connectivity index (χ4v) is 1.19. The lowest BCUT2D eigenvalue weighted by Crippen LogP contribution is -2.02. The molecular formula is C13H17NO2. The van der Waals surface area contributed by atoms with Crippen LogP contribution in [-0.4, -0.2) is 19.1 Å². The van der Waals surface area contributed by atoms with Gasteiger partial charge in [0.2, 0.25) is 0 Å². The summed E-state index contributed by atoms with van der Waals surface area (Å²) in [4.78, 5) is 11.0. The van der Waals surface area contributed by atoms with E-state index < -0.39 is 0 Å². The van der Waals surface area contributed by atoms with Gasteiger partial charge in [0.1, 0.15) is 0 Å². The Morgan fingerprint density at radius 2 is 2.06 bits per heavy atom. The summed E-state index contributed by atoms with van der Waals surface area (Å²) in [5.74, 6) is -0.298. The third kappa shape index (κ3) is 4.64. The van der Waals surface area contributed by atoms with Crippen LogP contribution < -0.4 is 5.32 Å². The molecule has 0 fully saturated rings. The van der Waals surface area contributed by atoms with E-state index in [4.69, 9.17) is 4.74 Å². The minimum absolute atomic E-state index is 0.298. The van der Waals surface area contributed by atoms with Crippen molar-refractivity contribution in [3.05, 3.63) is 42.0 Å². The maximum Gasteiger partial charge on any atom is 0.330 e. The van der Waals surface area contributed by atoms with Crippen LogP contribution in [0.2, 0.25) is 0 Å². The average molecular weight is 219 g/mol. The standard InChI is InChI=1S/C13H17NO2/c1-3-16-13(15)5-4-10-14-12-8-6-11(2)7-9-12/h4-9,14H,3,10H2,1-2H3/b5-4+. The summed E-state index contributed by atoms with van der Waals surface area (Å²) in [5.41, 5.74) is 2.27. The Morgan fingerprint density at radius 1 is 1.38 bits per heavy atom. The van der Waals surface area contributed by atoms with Crippen molar-refractivity contribution in [2.75, 3.05) is 18.5 Å². The molecule has 3 heteroatoms. The molecule has 0 unspecified atom stereocenters. The number of esters is 1. The SMILES string of the molecule is CCOC(=O)/C=C/CNc1ccc(C)cc1. The second kappa shape index (κ2) is 6.67. The summed E-state index contributed by atoms with van der Waals surface area (Å²) < 4.78 is 4.76. The van der Waals surface area contributed by atoms with Crippen LogP contribution in [0.4, 0.5) is 5.69 Å². The van der Waals surface area contributed by atoms with E-state index in [-0.39, 0.29) is 5.97 Å². The van der Waals surface area contributed by atoms with Crippen molar-refractivity contribution in [2.24, 2.45) is 0 Å². The fraction of sp³-hybridized carbons (Fsp3) is 0.308. The van der Waals surface area contributed by atoms with Gasteiger partial charge >= 0.3 is 5.97 Å². The largest absolute Gasteiger partial charge is 0.463 e. The van der Waals surface area contributed by atoms with Crippen molar-refractivity contribution in [3.8, 4) is 0 Å². The van der Waals surface area contributed by atoms with Crippen molar-refractivity contribution in [1.29, 1.82) is 0 Å². The van der Waals surface area contributed by atoms with Crippen LogP contribution in [0.15, 0.2) is 36.4 Å². The predicted molar refractivity (Wildman–Crippen MR) is 65.4 cm³/mol. The van der Waals surface area contributed by atoms with Gasteiger partial charge in [0.25, 0.3) is 0 Å². The van der Waals surface area contributed by atoms with Gasteiger partial charge in [-0.05, 0) is 26.0 Å². The molecule has 0 spiro atoms. The second-order valence-corrected chi connectivity index (χ2v) is 3.40. The van der Waals surface area contributed by atoms with Gasteiger partial charge in [-0.1, -0.05) is 23.8 Å². The number of anilines is 1. The summed E-state index contributed by atoms with van der Waals surface area (Å²) in [6.45, 7) is 4.86. The molecule has 0 aliphatic rings. The highest BCUT2D eigenvalue weighted by molar-refractivity contribution is 5.81. The Kier molecular flexibility index (Phi) is 5.12. The molecular weight excluding hydrogens is 202 g/mol. The molecule has 1 aromatic rings. The van der Waals surface area contributed by atoms with Gasteiger partial charge in [0, 0.05) is 18.3 Å². The summed E-state index contributed by atoms with van der Waals surface area (Å²) in [6, 6.07) is 8.09. The molecule has 0 heterocycles. The van der Waals surface area contributed by atoms with Crippen LogP contribution in [0.25, 0.3) is 0 Å². The highest BCUT2D eigenvalue weighted by Crippen LogP contribution is 2.07. The van der Waals surface area contributed by atoms with Gasteiger partial charge in [0.15, 0.2) is 0 Å². The van der Waals surface area contributed by atoms with Crippen LogP contribution in [0, 0.1) is 6.92 Å². The number of carbonyl (C=O) groups is 1. The van der Waals surface area contributed by atoms with Gasteiger partial charge in [-0.25, -0.2) is 4.79 Å². The van der Waals surface area contributed by atoms with Crippen molar-refractivity contribution >= 4 is 11.7 Å². The Labute approximate surface area is 96.1 Å². The molecule has 0 bridgehead atoms. The maximum absolute atomic E-state index is 11.0. The average Bonchev–Trinajstić information content (AvgIpc) is 2.27. The molecule has 0 aromatic heterocycles. The number of hydrogen-bond acceptors (Lipinski definition) is 3. The van der Waals surface area contributed by atoms with Crippen LogP contribution in [-0.2, 0) is 9.53 Å². The van der Waals surface area contributed by atoms with E-state index in [0.29, 0.717) is 13.2 Å². The molecule has 86 valence electrons. The zero-order valence-corrected chi connectivity index (χ0v) is 9.69. The highest BCUT2D eigenvalue weighted by atomic mass is 16.5. The molecule has 0 aliphatic heterocycles. The van der Waals surface area contributed by atoms with E-state index in [1.165, 1.54) is 11.6 Å². The lowest BCUT2D eigenvalue weighted by molar-refractivity contribution is -0.137. The molecule has 0 aliphatic carbocycles. The van der Waals surface area contributed by atoms with E-state index in [0.717, 1.165) is 5.69 Å². The Balaban J connectivity index is 2.30. The van der Waals surface area contributed by atoms with Gasteiger partial charge in [-0.3, -0.25) is 0 Å². The molecule has 3 nitrogen and oxygen atoms in total. The fourth-order valence-electron chi connectivity index (χ4n) is 1.19. The number of aryl methyl sites for hydroxylation is 1. The van der Waals surface area contributed by atoms with E-state index >= 15 is 0 Å². The molecule has 0 saturated carbocycles. The van der Waals surface area contributed by atoms with E-state index in [1.807, 2.05) is 31.2 Å². The third-order valence-corrected chi connectivity index (χ3v) is 2.02. The van der Waals surface area contributed by atoms with Gasteiger partial charge in [0.05, 0.1) is 6.61 Å². The summed E-state index contributed by atoms with van der Waals surface area (Å²) in [7, 11) is 0. The zero-order chi connectivity index (χ0) is 11.8. The smallest absolute Gasteiger partial charge is 0.330 e. The first kappa shape index (κ1) is 12.3. The highest BCUT2D eigenvalue weighted by Gasteiger charge is 1.92. The summed E-state index contributed by atoms with van der Waals surface area (Å²) >= 11 is 0. The van der Waals surface area contributed by atoms with Gasteiger partial charge in [-0.2, -0.15) is 0 Å². The van der Waals surface area contributed by atoms with Crippen molar-refractivity contribution in [3.63, 3.8) is 0 Å². The Morgan fingerprint density at radius 3 is 2.69 bits per heavy atom. The normalized spacial score (nSPS) is 10.4. The molecule has 0 radical (unpaired) electrons. The maximum atomic E-state index is 11.0. The first-order chi connectivity index (χ1) is 7.72. The summed E-state index contributed by atoms with van der Waals surface area (Å²) in [5, 5.41) is 3.17. The topological polar surface area (TPSA) is 38.3 Å². The van der Waals surface area contributed by atoms with Crippen molar-refractivity contribution in [2.45, 2.75) is 13.8 Å². The van der Waals surface area contributed by atoms with E-state index in [1.54, 1.807) is 13.0 Å². The molecule has 1 aromatic carbocycles. The van der Waals surface area contributed by atoms with Crippen LogP contribution in [0.3, 0.4) is 0 Å². The number of hydrogen-bond donors (Lipinski definition) is 1. The zero-order valence-electron chi connectivity index (χ0n) is 9.69. The van der Waals surface area contributed by atoms with Crippen molar-refractivity contribution < 1.29 is 9.53 Å². The molecule has 1 N–H and O–H groups in total. The summed E-state index contributed by atoms with van der Waals surface area (Å²) in [6.07, 6.45) is 3.18. The molecule has 0 atom stereocenters. The lowest BCUT2D eigenvalue weighted by atomic mass is 10.2. The minimum Gasteiger partial charge on any atom is -0.463 e. The van der Waals surface area contributed by atoms with Crippen molar-refractivity contribution in [1.82, 2.24) is 0 Å². The number of rotatable bonds is 5. The minimum atomic E-state index is -0.298. The predicted octanol–water partition coefficient (Wildman–Crippen LogP) is 2.53. The van der Waals surface area contributed by atoms with Crippen LogP contribution in [0.5, 0.6) is 0 Å². The third-order valence-electron chi connectivity index (χ3n) is 2.02. The number of ether oxygens (including phenoxy) is 1. The van der Waals surface area contributed by atoms with Crippen LogP contribution in [0.1, 0.15) is 12.5 Å². The monoisotopic (exact) mass is 219 g/mol. The Bertz CT molecular complexity index is 355. The van der Waals surface area contributed by atoms with E-state index in [9.17, 15) is 4.79 Å². The van der Waals surface area contributed by atoms with Crippen LogP contribution >= 0.6 is 0 Å². The molecule has 1 rings (SSSR count). The molecule has 0 amide bonds. The van der Waals surface area contributed by atoms with E-state index in [2.05, 4.69) is 5.32 Å². The molecule has 0 saturated heterocycles. The first-order valence-electron chi connectivity index (χ1n) is 5.36. The number of benzene rings is 1.